The third-order valence-electron chi connectivity index (χ3n) is 4.65. The molecule has 0 saturated heterocycles. The molecule has 0 aliphatic carbocycles. The fourth-order valence-electron chi connectivity index (χ4n) is 3.23. The maximum atomic E-state index is 13.2. The molecule has 2 nitrogen and oxygen atoms in total. The van der Waals surface area contributed by atoms with Gasteiger partial charge in [-0.05, 0) is 35.2 Å². The molecule has 140 valence electrons. The molecule has 0 unspecified atom stereocenters. The van der Waals surface area contributed by atoms with Crippen LogP contribution in [0.15, 0.2) is 102 Å². The summed E-state index contributed by atoms with van der Waals surface area (Å²) in [5, 5.41) is 2.07. The molecule has 0 aliphatic heterocycles. The van der Waals surface area contributed by atoms with E-state index < -0.39 is 0 Å². The Hall–Kier alpha value is -3.35. The second-order valence-electron chi connectivity index (χ2n) is 6.61. The highest BCUT2D eigenvalue weighted by molar-refractivity contribution is 9.10. The van der Waals surface area contributed by atoms with Crippen molar-refractivity contribution in [2.75, 3.05) is 4.90 Å². The monoisotopic (exact) mass is 439 g/mol. The first-order valence-electron chi connectivity index (χ1n) is 9.32. The fraction of sp³-hybridized carbons (Fsp3) is 0.0385. The van der Waals surface area contributed by atoms with Crippen LogP contribution >= 0.6 is 15.9 Å². The van der Waals surface area contributed by atoms with Gasteiger partial charge < -0.3 is 0 Å². The van der Waals surface area contributed by atoms with Crippen molar-refractivity contribution in [3.8, 4) is 11.8 Å². The Bertz CT molecular complexity index is 1210. The molecule has 3 heteroatoms. The standard InChI is InChI=1S/C26H18BrNO/c27-24-16-17-25(23-14-8-7-13-22(23)24)28(19-21-11-5-2-6-12-21)26(29)18-15-20-9-3-1-4-10-20/h1-14,16-17H,19H2. The normalized spacial score (nSPS) is 10.2. The number of amides is 1. The number of hydrogen-bond acceptors (Lipinski definition) is 1. The molecular formula is C26H18BrNO. The van der Waals surface area contributed by atoms with Crippen molar-refractivity contribution in [3.05, 3.63) is 113 Å². The predicted molar refractivity (Wildman–Crippen MR) is 123 cm³/mol. The third-order valence-corrected chi connectivity index (χ3v) is 5.35. The van der Waals surface area contributed by atoms with E-state index in [2.05, 4.69) is 27.8 Å². The molecule has 0 fully saturated rings. The number of carbonyl (C=O) groups excluding carboxylic acids is 1. The highest BCUT2D eigenvalue weighted by atomic mass is 79.9. The summed E-state index contributed by atoms with van der Waals surface area (Å²) in [6.07, 6.45) is 0. The van der Waals surface area contributed by atoms with E-state index in [-0.39, 0.29) is 5.91 Å². The zero-order valence-electron chi connectivity index (χ0n) is 15.7. The van der Waals surface area contributed by atoms with Crippen molar-refractivity contribution in [1.82, 2.24) is 0 Å². The van der Waals surface area contributed by atoms with Crippen LogP contribution in [0.25, 0.3) is 10.8 Å². The average molecular weight is 440 g/mol. The lowest BCUT2D eigenvalue weighted by atomic mass is 10.1. The molecule has 0 heterocycles. The van der Waals surface area contributed by atoms with Crippen molar-refractivity contribution in [2.24, 2.45) is 0 Å². The predicted octanol–water partition coefficient (Wildman–Crippen LogP) is 6.19. The van der Waals surface area contributed by atoms with Gasteiger partial charge in [0.2, 0.25) is 0 Å². The minimum atomic E-state index is -0.231. The largest absolute Gasteiger partial charge is 0.303 e. The first-order valence-corrected chi connectivity index (χ1v) is 10.1. The van der Waals surface area contributed by atoms with Crippen LogP contribution in [0.5, 0.6) is 0 Å². The number of anilines is 1. The summed E-state index contributed by atoms with van der Waals surface area (Å²) in [6, 6.07) is 31.5. The summed E-state index contributed by atoms with van der Waals surface area (Å²) in [7, 11) is 0. The fourth-order valence-corrected chi connectivity index (χ4v) is 3.71. The summed E-state index contributed by atoms with van der Waals surface area (Å²) in [4.78, 5) is 14.9. The van der Waals surface area contributed by atoms with E-state index in [1.165, 1.54) is 0 Å². The molecule has 0 spiro atoms. The van der Waals surface area contributed by atoms with E-state index in [1.807, 2.05) is 97.1 Å². The zero-order valence-corrected chi connectivity index (χ0v) is 17.3. The van der Waals surface area contributed by atoms with Gasteiger partial charge in [-0.2, -0.15) is 0 Å². The van der Waals surface area contributed by atoms with Crippen LogP contribution in [-0.2, 0) is 11.3 Å². The van der Waals surface area contributed by atoms with Gasteiger partial charge in [-0.3, -0.25) is 9.69 Å². The van der Waals surface area contributed by atoms with Gasteiger partial charge in [-0.25, -0.2) is 0 Å². The van der Waals surface area contributed by atoms with Gasteiger partial charge in [0.15, 0.2) is 0 Å². The number of nitrogens with zero attached hydrogens (tertiary/aromatic N) is 1. The smallest absolute Gasteiger partial charge is 0.297 e. The molecule has 0 bridgehead atoms. The lowest BCUT2D eigenvalue weighted by Gasteiger charge is -2.23. The van der Waals surface area contributed by atoms with E-state index in [9.17, 15) is 4.79 Å². The Morgan fingerprint density at radius 1 is 0.759 bits per heavy atom. The lowest BCUT2D eigenvalue weighted by molar-refractivity contribution is -0.113. The Kier molecular flexibility index (Phi) is 5.74. The van der Waals surface area contributed by atoms with Crippen LogP contribution in [0.1, 0.15) is 11.1 Å². The third kappa shape index (κ3) is 4.39. The molecule has 1 amide bonds. The Morgan fingerprint density at radius 3 is 2.10 bits per heavy atom. The Morgan fingerprint density at radius 2 is 1.38 bits per heavy atom. The topological polar surface area (TPSA) is 20.3 Å². The van der Waals surface area contributed by atoms with Crippen molar-refractivity contribution in [2.45, 2.75) is 6.54 Å². The molecule has 0 atom stereocenters. The van der Waals surface area contributed by atoms with Gasteiger partial charge in [0.25, 0.3) is 0 Å². The van der Waals surface area contributed by atoms with Crippen LogP contribution in [0, 0.1) is 11.8 Å². The molecule has 29 heavy (non-hydrogen) atoms. The molecule has 0 saturated carbocycles. The zero-order chi connectivity index (χ0) is 20.1. The summed E-state index contributed by atoms with van der Waals surface area (Å²) < 4.78 is 0.999. The molecule has 0 aromatic heterocycles. The van der Waals surface area contributed by atoms with Gasteiger partial charge in [-0.15, -0.1) is 0 Å². The molecule has 0 N–H and O–H groups in total. The summed E-state index contributed by atoms with van der Waals surface area (Å²) in [6.45, 7) is 0.453. The van der Waals surface area contributed by atoms with Gasteiger partial charge in [0, 0.05) is 21.3 Å². The van der Waals surface area contributed by atoms with Crippen LogP contribution in [0.2, 0.25) is 0 Å². The highest BCUT2D eigenvalue weighted by Crippen LogP contribution is 2.33. The van der Waals surface area contributed by atoms with Gasteiger partial charge >= 0.3 is 5.91 Å². The van der Waals surface area contributed by atoms with E-state index >= 15 is 0 Å². The Balaban J connectivity index is 1.78. The number of benzene rings is 4. The van der Waals surface area contributed by atoms with Crippen LogP contribution in [-0.4, -0.2) is 5.91 Å². The van der Waals surface area contributed by atoms with E-state index in [4.69, 9.17) is 0 Å². The van der Waals surface area contributed by atoms with E-state index in [1.54, 1.807) is 4.90 Å². The molecule has 4 rings (SSSR count). The van der Waals surface area contributed by atoms with Crippen molar-refractivity contribution < 1.29 is 4.79 Å². The number of hydrogen-bond donors (Lipinski definition) is 0. The SMILES string of the molecule is O=C(C#Cc1ccccc1)N(Cc1ccccc1)c1ccc(Br)c2ccccc12. The minimum Gasteiger partial charge on any atom is -0.297 e. The number of halogens is 1. The maximum absolute atomic E-state index is 13.2. The Labute approximate surface area is 178 Å². The first-order chi connectivity index (χ1) is 14.2. The molecule has 4 aromatic carbocycles. The van der Waals surface area contributed by atoms with E-state index in [0.717, 1.165) is 32.1 Å². The van der Waals surface area contributed by atoms with Crippen molar-refractivity contribution in [3.63, 3.8) is 0 Å². The van der Waals surface area contributed by atoms with Gasteiger partial charge in [0.1, 0.15) is 0 Å². The highest BCUT2D eigenvalue weighted by Gasteiger charge is 2.18. The quantitative estimate of drug-likeness (QED) is 0.348. The van der Waals surface area contributed by atoms with Crippen molar-refractivity contribution in [1.29, 1.82) is 0 Å². The second-order valence-corrected chi connectivity index (χ2v) is 7.46. The first kappa shape index (κ1) is 19.0. The average Bonchev–Trinajstić information content (AvgIpc) is 2.78. The van der Waals surface area contributed by atoms with E-state index in [0.29, 0.717) is 6.54 Å². The molecule has 0 aliphatic rings. The summed E-state index contributed by atoms with van der Waals surface area (Å²) in [5.74, 6) is 5.58. The second kappa shape index (κ2) is 8.77. The maximum Gasteiger partial charge on any atom is 0.303 e. The van der Waals surface area contributed by atoms with Crippen LogP contribution in [0.3, 0.4) is 0 Å². The number of rotatable bonds is 3. The minimum absolute atomic E-state index is 0.231. The van der Waals surface area contributed by atoms with Crippen LogP contribution in [0.4, 0.5) is 5.69 Å². The van der Waals surface area contributed by atoms with Gasteiger partial charge in [0.05, 0.1) is 12.2 Å². The molecule has 0 radical (unpaired) electrons. The summed E-state index contributed by atoms with van der Waals surface area (Å²) >= 11 is 3.61. The lowest BCUT2D eigenvalue weighted by Crippen LogP contribution is -2.29. The van der Waals surface area contributed by atoms with Crippen LogP contribution < -0.4 is 4.90 Å². The number of fused-ring (bicyclic) bond motifs is 1. The molecule has 4 aromatic rings. The number of carbonyl (C=O) groups is 1. The molecular weight excluding hydrogens is 422 g/mol. The van der Waals surface area contributed by atoms with Crippen molar-refractivity contribution >= 4 is 38.3 Å². The van der Waals surface area contributed by atoms with Gasteiger partial charge in [-0.1, -0.05) is 94.6 Å². The summed E-state index contributed by atoms with van der Waals surface area (Å²) in [5.41, 5.74) is 2.72.